The summed E-state index contributed by atoms with van der Waals surface area (Å²) in [6, 6.07) is 9.01. The van der Waals surface area contributed by atoms with Crippen LogP contribution >= 0.6 is 0 Å². The third-order valence-corrected chi connectivity index (χ3v) is 4.62. The van der Waals surface area contributed by atoms with E-state index in [4.69, 9.17) is 0 Å². The molecule has 1 fully saturated rings. The average Bonchev–Trinajstić information content (AvgIpc) is 2.78. The van der Waals surface area contributed by atoms with Gasteiger partial charge in [-0.15, -0.1) is 0 Å². The fourth-order valence-corrected chi connectivity index (χ4v) is 3.60. The van der Waals surface area contributed by atoms with Gasteiger partial charge < -0.3 is 10.2 Å². The largest absolute Gasteiger partial charge is 0.371 e. The quantitative estimate of drug-likeness (QED) is 0.879. The summed E-state index contributed by atoms with van der Waals surface area (Å²) in [6.45, 7) is 7.08. The van der Waals surface area contributed by atoms with Crippen molar-refractivity contribution in [3.63, 3.8) is 0 Å². The molecule has 0 bridgehead atoms. The molecule has 2 heteroatoms. The zero-order valence-corrected chi connectivity index (χ0v) is 11.4. The highest BCUT2D eigenvalue weighted by atomic mass is 15.1. The lowest BCUT2D eigenvalue weighted by atomic mass is 9.85. The Morgan fingerprint density at radius 2 is 2.00 bits per heavy atom. The highest BCUT2D eigenvalue weighted by Crippen LogP contribution is 2.40. The van der Waals surface area contributed by atoms with Gasteiger partial charge in [0.1, 0.15) is 0 Å². The zero-order chi connectivity index (χ0) is 12.4. The van der Waals surface area contributed by atoms with E-state index in [-0.39, 0.29) is 0 Å². The number of nitrogens with one attached hydrogen (secondary N) is 1. The maximum atomic E-state index is 3.47. The highest BCUT2D eigenvalue weighted by Gasteiger charge is 2.29. The van der Waals surface area contributed by atoms with Crippen LogP contribution in [0.5, 0.6) is 0 Å². The smallest absolute Gasteiger partial charge is 0.0402 e. The van der Waals surface area contributed by atoms with Gasteiger partial charge in [0.15, 0.2) is 0 Å². The fourth-order valence-electron chi connectivity index (χ4n) is 3.60. The molecule has 2 aliphatic heterocycles. The molecular weight excluding hydrogens is 220 g/mol. The van der Waals surface area contributed by atoms with Gasteiger partial charge in [0.2, 0.25) is 0 Å². The van der Waals surface area contributed by atoms with Crippen molar-refractivity contribution in [2.24, 2.45) is 5.92 Å². The van der Waals surface area contributed by atoms with Crippen molar-refractivity contribution in [3.05, 3.63) is 29.8 Å². The lowest BCUT2D eigenvalue weighted by molar-refractivity contribution is 0.334. The van der Waals surface area contributed by atoms with Crippen molar-refractivity contribution in [1.29, 1.82) is 0 Å². The highest BCUT2D eigenvalue weighted by molar-refractivity contribution is 5.60. The van der Waals surface area contributed by atoms with E-state index in [1.165, 1.54) is 44.6 Å². The zero-order valence-electron chi connectivity index (χ0n) is 11.4. The average molecular weight is 244 g/mol. The van der Waals surface area contributed by atoms with Crippen LogP contribution in [0.2, 0.25) is 0 Å². The number of rotatable bonds is 3. The summed E-state index contributed by atoms with van der Waals surface area (Å²) in [5.41, 5.74) is 3.08. The van der Waals surface area contributed by atoms with E-state index in [2.05, 4.69) is 41.4 Å². The predicted molar refractivity (Wildman–Crippen MR) is 77.3 cm³/mol. The maximum Gasteiger partial charge on any atom is 0.0402 e. The molecule has 98 valence electrons. The Bertz CT molecular complexity index is 396. The van der Waals surface area contributed by atoms with Crippen molar-refractivity contribution >= 4 is 5.69 Å². The van der Waals surface area contributed by atoms with E-state index in [9.17, 15) is 0 Å². The molecule has 0 amide bonds. The Kier molecular flexibility index (Phi) is 3.55. The molecule has 1 saturated heterocycles. The first-order valence-corrected chi connectivity index (χ1v) is 7.43. The van der Waals surface area contributed by atoms with Crippen molar-refractivity contribution in [3.8, 4) is 0 Å². The van der Waals surface area contributed by atoms with Gasteiger partial charge in [0.25, 0.3) is 0 Å². The number of piperidine rings is 1. The first-order valence-electron chi connectivity index (χ1n) is 7.43. The number of hydrogen-bond acceptors (Lipinski definition) is 2. The number of likely N-dealkylation sites (N-methyl/N-ethyl adjacent to an activating group) is 1. The molecule has 2 heterocycles. The predicted octanol–water partition coefficient (Wildman–Crippen LogP) is 3.00. The molecule has 0 radical (unpaired) electrons. The number of benzene rings is 1. The Morgan fingerprint density at radius 1 is 1.22 bits per heavy atom. The number of para-hydroxylation sites is 1. The summed E-state index contributed by atoms with van der Waals surface area (Å²) in [7, 11) is 0. The van der Waals surface area contributed by atoms with Crippen LogP contribution in [0, 0.1) is 5.92 Å². The first kappa shape index (κ1) is 12.0. The molecule has 1 aromatic rings. The molecule has 18 heavy (non-hydrogen) atoms. The lowest BCUT2D eigenvalue weighted by Crippen LogP contribution is -2.29. The van der Waals surface area contributed by atoms with Gasteiger partial charge in [-0.1, -0.05) is 18.2 Å². The van der Waals surface area contributed by atoms with E-state index >= 15 is 0 Å². The summed E-state index contributed by atoms with van der Waals surface area (Å²) in [4.78, 5) is 2.54. The van der Waals surface area contributed by atoms with Crippen molar-refractivity contribution in [2.75, 3.05) is 31.1 Å². The lowest BCUT2D eigenvalue weighted by Gasteiger charge is -2.25. The summed E-state index contributed by atoms with van der Waals surface area (Å²) < 4.78 is 0. The molecule has 2 aliphatic rings. The Hall–Kier alpha value is -1.02. The van der Waals surface area contributed by atoms with Crippen LogP contribution in [0.4, 0.5) is 5.69 Å². The van der Waals surface area contributed by atoms with Crippen LogP contribution in [0.1, 0.15) is 37.7 Å². The van der Waals surface area contributed by atoms with Gasteiger partial charge in [-0.2, -0.15) is 0 Å². The van der Waals surface area contributed by atoms with Gasteiger partial charge in [-0.25, -0.2) is 0 Å². The third kappa shape index (κ3) is 2.26. The van der Waals surface area contributed by atoms with Gasteiger partial charge in [0, 0.05) is 24.7 Å². The second kappa shape index (κ2) is 5.31. The summed E-state index contributed by atoms with van der Waals surface area (Å²) in [5.74, 6) is 1.70. The molecule has 0 saturated carbocycles. The van der Waals surface area contributed by atoms with Crippen LogP contribution in [-0.2, 0) is 0 Å². The normalized spacial score (nSPS) is 24.3. The van der Waals surface area contributed by atoms with Gasteiger partial charge in [-0.05, 0) is 56.8 Å². The van der Waals surface area contributed by atoms with E-state index in [1.807, 2.05) is 0 Å². The maximum absolute atomic E-state index is 3.47. The van der Waals surface area contributed by atoms with E-state index < -0.39 is 0 Å². The molecule has 1 atom stereocenters. The molecule has 0 spiro atoms. The minimum Gasteiger partial charge on any atom is -0.371 e. The van der Waals surface area contributed by atoms with Gasteiger partial charge >= 0.3 is 0 Å². The van der Waals surface area contributed by atoms with Gasteiger partial charge in [0.05, 0.1) is 0 Å². The molecule has 0 aromatic heterocycles. The monoisotopic (exact) mass is 244 g/mol. The summed E-state index contributed by atoms with van der Waals surface area (Å²) in [6.07, 6.45) is 4.12. The molecule has 1 N–H and O–H groups in total. The Morgan fingerprint density at radius 3 is 2.78 bits per heavy atom. The van der Waals surface area contributed by atoms with Crippen LogP contribution in [-0.4, -0.2) is 26.2 Å². The van der Waals surface area contributed by atoms with Gasteiger partial charge in [-0.3, -0.25) is 0 Å². The van der Waals surface area contributed by atoms with E-state index in [0.717, 1.165) is 18.4 Å². The molecule has 2 nitrogen and oxygen atoms in total. The molecule has 1 unspecified atom stereocenters. The van der Waals surface area contributed by atoms with Crippen molar-refractivity contribution < 1.29 is 0 Å². The van der Waals surface area contributed by atoms with E-state index in [0.29, 0.717) is 0 Å². The van der Waals surface area contributed by atoms with Crippen LogP contribution in [0.3, 0.4) is 0 Å². The summed E-state index contributed by atoms with van der Waals surface area (Å²) in [5, 5.41) is 3.47. The first-order chi connectivity index (χ1) is 8.88. The van der Waals surface area contributed by atoms with Crippen LogP contribution < -0.4 is 10.2 Å². The topological polar surface area (TPSA) is 15.3 Å². The Balaban J connectivity index is 1.73. The van der Waals surface area contributed by atoms with Crippen molar-refractivity contribution in [1.82, 2.24) is 5.32 Å². The minimum atomic E-state index is 0.768. The summed E-state index contributed by atoms with van der Waals surface area (Å²) >= 11 is 0. The second-order valence-corrected chi connectivity index (χ2v) is 5.72. The van der Waals surface area contributed by atoms with Crippen LogP contribution in [0.15, 0.2) is 24.3 Å². The number of anilines is 1. The fraction of sp³-hybridized carbons (Fsp3) is 0.625. The second-order valence-electron chi connectivity index (χ2n) is 5.72. The molecular formula is C16H24N2. The number of hydrogen-bond donors (Lipinski definition) is 1. The molecule has 1 aromatic carbocycles. The minimum absolute atomic E-state index is 0.768. The third-order valence-electron chi connectivity index (χ3n) is 4.62. The SMILES string of the molecule is CCN1CC(CC2CCNCC2)c2ccccc21. The number of nitrogens with zero attached hydrogens (tertiary/aromatic N) is 1. The number of fused-ring (bicyclic) bond motifs is 1. The van der Waals surface area contributed by atoms with Crippen LogP contribution in [0.25, 0.3) is 0 Å². The Labute approximate surface area is 110 Å². The molecule has 0 aliphatic carbocycles. The van der Waals surface area contributed by atoms with Crippen molar-refractivity contribution in [2.45, 2.75) is 32.1 Å². The standard InChI is InChI=1S/C16H24N2/c1-2-18-12-14(11-13-7-9-17-10-8-13)15-5-3-4-6-16(15)18/h3-6,13-14,17H,2,7-12H2,1H3. The molecule has 3 rings (SSSR count). The van der Waals surface area contributed by atoms with E-state index in [1.54, 1.807) is 5.56 Å².